The van der Waals surface area contributed by atoms with Gasteiger partial charge in [-0.15, -0.1) is 0 Å². The third-order valence-electron chi connectivity index (χ3n) is 2.79. The lowest BCUT2D eigenvalue weighted by molar-refractivity contribution is 0.104. The molecular weight excluding hydrogens is 210 g/mol. The van der Waals surface area contributed by atoms with Crippen molar-refractivity contribution in [3.05, 3.63) is 78.1 Å². The number of carbonyl (C=O) groups excluding carboxylic acids is 1. The summed E-state index contributed by atoms with van der Waals surface area (Å²) in [6, 6.07) is 17.7. The summed E-state index contributed by atoms with van der Waals surface area (Å²) in [5, 5.41) is 0. The molecule has 2 aromatic heterocycles. The van der Waals surface area contributed by atoms with Crippen molar-refractivity contribution < 1.29 is 4.79 Å². The molecular formula is C15H10NO. The minimum atomic E-state index is 0.0488. The molecule has 81 valence electrons. The highest BCUT2D eigenvalue weighted by molar-refractivity contribution is 6.13. The first-order chi connectivity index (χ1) is 8.36. The van der Waals surface area contributed by atoms with Crippen LogP contribution in [0.2, 0.25) is 0 Å². The molecule has 0 fully saturated rings. The van der Waals surface area contributed by atoms with E-state index in [0.29, 0.717) is 5.56 Å². The lowest BCUT2D eigenvalue weighted by Crippen LogP contribution is -2.00. The van der Waals surface area contributed by atoms with Crippen molar-refractivity contribution in [1.29, 1.82) is 0 Å². The Morgan fingerprint density at radius 2 is 1.82 bits per heavy atom. The van der Waals surface area contributed by atoms with Crippen LogP contribution in [0.4, 0.5) is 0 Å². The summed E-state index contributed by atoms with van der Waals surface area (Å²) in [7, 11) is 0. The van der Waals surface area contributed by atoms with Crippen LogP contribution in [-0.4, -0.2) is 10.2 Å². The predicted octanol–water partition coefficient (Wildman–Crippen LogP) is 2.97. The molecule has 0 N–H and O–H groups in total. The Balaban J connectivity index is 2.14. The fourth-order valence-electron chi connectivity index (χ4n) is 1.94. The zero-order valence-corrected chi connectivity index (χ0v) is 9.13. The Hall–Kier alpha value is -2.35. The molecule has 0 saturated carbocycles. The third kappa shape index (κ3) is 1.64. The molecule has 3 aromatic rings. The maximum Gasteiger partial charge on any atom is 0.195 e. The van der Waals surface area contributed by atoms with E-state index in [9.17, 15) is 4.79 Å². The Kier molecular flexibility index (Phi) is 2.26. The first-order valence-electron chi connectivity index (χ1n) is 5.43. The molecule has 0 aliphatic rings. The van der Waals surface area contributed by atoms with Crippen molar-refractivity contribution in [3.8, 4) is 0 Å². The van der Waals surface area contributed by atoms with Crippen molar-refractivity contribution in [3.63, 3.8) is 0 Å². The number of ketones is 1. The van der Waals surface area contributed by atoms with Gasteiger partial charge in [0.05, 0.1) is 5.52 Å². The van der Waals surface area contributed by atoms with E-state index < -0.39 is 0 Å². The van der Waals surface area contributed by atoms with Crippen LogP contribution in [0.15, 0.2) is 60.9 Å². The molecule has 2 heteroatoms. The second-order valence-corrected chi connectivity index (χ2v) is 3.84. The first kappa shape index (κ1) is 9.85. The van der Waals surface area contributed by atoms with E-state index in [2.05, 4.69) is 6.07 Å². The predicted molar refractivity (Wildman–Crippen MR) is 66.1 cm³/mol. The van der Waals surface area contributed by atoms with Crippen LogP contribution in [0, 0.1) is 6.07 Å². The van der Waals surface area contributed by atoms with E-state index >= 15 is 0 Å². The number of nitrogens with zero attached hydrogens (tertiary/aromatic N) is 1. The molecule has 0 atom stereocenters. The van der Waals surface area contributed by atoms with E-state index in [4.69, 9.17) is 0 Å². The number of rotatable bonds is 2. The Labute approximate surface area is 99.1 Å². The second-order valence-electron chi connectivity index (χ2n) is 3.84. The average Bonchev–Trinajstić information content (AvgIpc) is 2.83. The molecule has 0 spiro atoms. The monoisotopic (exact) mass is 220 g/mol. The first-order valence-corrected chi connectivity index (χ1v) is 5.43. The molecule has 2 nitrogen and oxygen atoms in total. The van der Waals surface area contributed by atoms with Crippen LogP contribution in [0.3, 0.4) is 0 Å². The van der Waals surface area contributed by atoms with Gasteiger partial charge in [-0.2, -0.15) is 0 Å². The molecule has 0 amide bonds. The minimum absolute atomic E-state index is 0.0488. The van der Waals surface area contributed by atoms with Gasteiger partial charge < -0.3 is 4.40 Å². The van der Waals surface area contributed by atoms with Gasteiger partial charge in [0.1, 0.15) is 0 Å². The highest BCUT2D eigenvalue weighted by Crippen LogP contribution is 2.16. The summed E-state index contributed by atoms with van der Waals surface area (Å²) in [6.45, 7) is 0. The van der Waals surface area contributed by atoms with E-state index in [-0.39, 0.29) is 5.78 Å². The number of fused-ring (bicyclic) bond motifs is 1. The number of carbonyl (C=O) groups is 1. The van der Waals surface area contributed by atoms with Crippen molar-refractivity contribution in [2.24, 2.45) is 0 Å². The van der Waals surface area contributed by atoms with Crippen LogP contribution in [0.5, 0.6) is 0 Å². The SMILES string of the molecule is O=C(c1cc[c]cc1)c1ccn2ccccc12. The van der Waals surface area contributed by atoms with E-state index in [1.807, 2.05) is 41.1 Å². The number of aromatic nitrogens is 1. The van der Waals surface area contributed by atoms with Crippen LogP contribution in [0.1, 0.15) is 15.9 Å². The number of pyridine rings is 1. The van der Waals surface area contributed by atoms with Gasteiger partial charge in [-0.1, -0.05) is 30.3 Å². The lowest BCUT2D eigenvalue weighted by Gasteiger charge is -1.99. The number of hydrogen-bond donors (Lipinski definition) is 0. The Morgan fingerprint density at radius 1 is 1.00 bits per heavy atom. The van der Waals surface area contributed by atoms with Crippen molar-refractivity contribution in [1.82, 2.24) is 4.40 Å². The van der Waals surface area contributed by atoms with Crippen LogP contribution < -0.4 is 0 Å². The maximum absolute atomic E-state index is 12.3. The topological polar surface area (TPSA) is 21.5 Å². The van der Waals surface area contributed by atoms with E-state index in [1.54, 1.807) is 24.3 Å². The molecule has 1 radical (unpaired) electrons. The van der Waals surface area contributed by atoms with Gasteiger partial charge in [0.15, 0.2) is 5.78 Å². The molecule has 2 heterocycles. The van der Waals surface area contributed by atoms with Crippen LogP contribution in [-0.2, 0) is 0 Å². The van der Waals surface area contributed by atoms with Gasteiger partial charge in [-0.3, -0.25) is 4.79 Å². The maximum atomic E-state index is 12.3. The molecule has 0 aliphatic carbocycles. The molecule has 17 heavy (non-hydrogen) atoms. The second kappa shape index (κ2) is 3.91. The number of benzene rings is 1. The van der Waals surface area contributed by atoms with E-state index in [1.165, 1.54) is 0 Å². The third-order valence-corrected chi connectivity index (χ3v) is 2.79. The average molecular weight is 220 g/mol. The van der Waals surface area contributed by atoms with Crippen LogP contribution in [0.25, 0.3) is 5.52 Å². The lowest BCUT2D eigenvalue weighted by atomic mass is 10.0. The van der Waals surface area contributed by atoms with Gasteiger partial charge in [-0.25, -0.2) is 0 Å². The molecule has 0 saturated heterocycles. The zero-order chi connectivity index (χ0) is 11.7. The highest BCUT2D eigenvalue weighted by atomic mass is 16.1. The van der Waals surface area contributed by atoms with E-state index in [0.717, 1.165) is 11.1 Å². The van der Waals surface area contributed by atoms with Gasteiger partial charge in [-0.05, 0) is 24.3 Å². The molecule has 0 aliphatic heterocycles. The highest BCUT2D eigenvalue weighted by Gasteiger charge is 2.12. The van der Waals surface area contributed by atoms with Crippen LogP contribution >= 0.6 is 0 Å². The van der Waals surface area contributed by atoms with Gasteiger partial charge in [0.2, 0.25) is 0 Å². The molecule has 0 unspecified atom stereocenters. The zero-order valence-electron chi connectivity index (χ0n) is 9.13. The van der Waals surface area contributed by atoms with Crippen molar-refractivity contribution in [2.45, 2.75) is 0 Å². The summed E-state index contributed by atoms with van der Waals surface area (Å²) in [6.07, 6.45) is 3.84. The molecule has 1 aromatic carbocycles. The number of hydrogen-bond acceptors (Lipinski definition) is 1. The normalized spacial score (nSPS) is 10.6. The standard InChI is InChI=1S/C15H10NO/c17-15(12-6-2-1-3-7-12)13-9-11-16-10-5-4-8-14(13)16/h2-11H. The summed E-state index contributed by atoms with van der Waals surface area (Å²) in [4.78, 5) is 12.3. The largest absolute Gasteiger partial charge is 0.323 e. The fourth-order valence-corrected chi connectivity index (χ4v) is 1.94. The summed E-state index contributed by atoms with van der Waals surface area (Å²) >= 11 is 0. The quantitative estimate of drug-likeness (QED) is 0.608. The molecule has 3 rings (SSSR count). The fraction of sp³-hybridized carbons (Fsp3) is 0. The van der Waals surface area contributed by atoms with Gasteiger partial charge in [0, 0.05) is 23.5 Å². The van der Waals surface area contributed by atoms with Crippen molar-refractivity contribution in [2.75, 3.05) is 0 Å². The molecule has 0 bridgehead atoms. The Morgan fingerprint density at radius 3 is 2.65 bits per heavy atom. The Bertz CT molecular complexity index is 667. The minimum Gasteiger partial charge on any atom is -0.323 e. The summed E-state index contributed by atoms with van der Waals surface area (Å²) in [5.74, 6) is 0.0488. The smallest absolute Gasteiger partial charge is 0.195 e. The summed E-state index contributed by atoms with van der Waals surface area (Å²) in [5.41, 5.74) is 2.36. The van der Waals surface area contributed by atoms with Gasteiger partial charge in [0.25, 0.3) is 0 Å². The van der Waals surface area contributed by atoms with Crippen molar-refractivity contribution >= 4 is 11.3 Å². The van der Waals surface area contributed by atoms with Gasteiger partial charge >= 0.3 is 0 Å². The summed E-state index contributed by atoms with van der Waals surface area (Å²) < 4.78 is 1.95.